The highest BCUT2D eigenvalue weighted by Crippen LogP contribution is 2.36. The Labute approximate surface area is 170 Å². The van der Waals surface area contributed by atoms with Crippen LogP contribution >= 0.6 is 23.1 Å². The summed E-state index contributed by atoms with van der Waals surface area (Å²) in [7, 11) is 0. The van der Waals surface area contributed by atoms with Crippen molar-refractivity contribution in [2.45, 2.75) is 23.5 Å². The summed E-state index contributed by atoms with van der Waals surface area (Å²) in [6, 6.07) is 15.2. The Morgan fingerprint density at radius 3 is 2.68 bits per heavy atom. The van der Waals surface area contributed by atoms with Gasteiger partial charge in [0.1, 0.15) is 0 Å². The lowest BCUT2D eigenvalue weighted by atomic mass is 10.1. The molecule has 2 aromatic carbocycles. The predicted molar refractivity (Wildman–Crippen MR) is 111 cm³/mol. The summed E-state index contributed by atoms with van der Waals surface area (Å²) in [5.74, 6) is -1.01. The van der Waals surface area contributed by atoms with Crippen LogP contribution in [-0.2, 0) is 14.3 Å². The third kappa shape index (κ3) is 3.68. The van der Waals surface area contributed by atoms with Gasteiger partial charge in [-0.2, -0.15) is 0 Å². The van der Waals surface area contributed by atoms with E-state index in [0.29, 0.717) is 4.88 Å². The molecule has 2 heterocycles. The van der Waals surface area contributed by atoms with Crippen molar-refractivity contribution < 1.29 is 19.1 Å². The second kappa shape index (κ2) is 7.77. The maximum atomic E-state index is 12.5. The molecule has 4 rings (SSSR count). The summed E-state index contributed by atoms with van der Waals surface area (Å²) in [6.07, 6.45) is -0.0798. The molecule has 0 radical (unpaired) electrons. The molecule has 28 heavy (non-hydrogen) atoms. The number of thiophene rings is 1. The lowest BCUT2D eigenvalue weighted by Crippen LogP contribution is -2.31. The minimum Gasteiger partial charge on any atom is -0.457 e. The van der Waals surface area contributed by atoms with E-state index in [2.05, 4.69) is 5.32 Å². The largest absolute Gasteiger partial charge is 0.457 e. The van der Waals surface area contributed by atoms with Crippen molar-refractivity contribution in [1.82, 2.24) is 0 Å². The summed E-state index contributed by atoms with van der Waals surface area (Å²) in [6.45, 7) is 1.58. The van der Waals surface area contributed by atoms with E-state index in [0.717, 1.165) is 26.2 Å². The summed E-state index contributed by atoms with van der Waals surface area (Å²) >= 11 is 2.74. The van der Waals surface area contributed by atoms with Gasteiger partial charge in [-0.25, -0.2) is 0 Å². The number of rotatable bonds is 5. The van der Waals surface area contributed by atoms with Crippen LogP contribution in [0.3, 0.4) is 0 Å². The molecule has 7 heteroatoms. The number of thioether (sulfide) groups is 1. The summed E-state index contributed by atoms with van der Waals surface area (Å²) in [4.78, 5) is 38.4. The molecule has 5 nitrogen and oxygen atoms in total. The van der Waals surface area contributed by atoms with Crippen molar-refractivity contribution in [2.75, 3.05) is 11.9 Å². The molecule has 1 N–H and O–H groups in total. The van der Waals surface area contributed by atoms with Gasteiger partial charge in [-0.3, -0.25) is 14.4 Å². The van der Waals surface area contributed by atoms with Crippen LogP contribution in [0.5, 0.6) is 0 Å². The van der Waals surface area contributed by atoms with Gasteiger partial charge < -0.3 is 10.1 Å². The molecule has 0 aliphatic carbocycles. The molecule has 0 saturated carbocycles. The molecule has 0 spiro atoms. The SMILES string of the molecule is Cc1c(C(=O)COC(=O)CC2Sc3ccccc3NC2=O)sc2ccccc12. The number of Topliss-reactive ketones (excluding diaryl/α,β-unsaturated/α-hetero) is 1. The average molecular weight is 412 g/mol. The second-order valence-corrected chi connectivity index (χ2v) is 8.73. The fourth-order valence-electron chi connectivity index (χ4n) is 3.09. The van der Waals surface area contributed by atoms with Crippen LogP contribution in [0.15, 0.2) is 53.4 Å². The van der Waals surface area contributed by atoms with Gasteiger partial charge in [0.25, 0.3) is 0 Å². The van der Waals surface area contributed by atoms with E-state index < -0.39 is 11.2 Å². The van der Waals surface area contributed by atoms with Gasteiger partial charge in [0, 0.05) is 9.60 Å². The Balaban J connectivity index is 1.37. The molecule has 1 unspecified atom stereocenters. The molecule has 142 valence electrons. The normalized spacial score (nSPS) is 15.8. The molecule has 0 bridgehead atoms. The Bertz CT molecular complexity index is 1090. The summed E-state index contributed by atoms with van der Waals surface area (Å²) in [5.41, 5.74) is 1.65. The fourth-order valence-corrected chi connectivity index (χ4v) is 5.32. The Morgan fingerprint density at radius 1 is 1.11 bits per heavy atom. The highest BCUT2D eigenvalue weighted by Gasteiger charge is 2.29. The molecule has 3 aromatic rings. The van der Waals surface area contributed by atoms with E-state index in [9.17, 15) is 14.4 Å². The number of aryl methyl sites for hydroxylation is 1. The van der Waals surface area contributed by atoms with Crippen LogP contribution < -0.4 is 5.32 Å². The van der Waals surface area contributed by atoms with Crippen molar-refractivity contribution in [3.05, 3.63) is 59.0 Å². The number of anilines is 1. The zero-order valence-corrected chi connectivity index (χ0v) is 16.7. The number of esters is 1. The molecular formula is C21H17NO4S2. The summed E-state index contributed by atoms with van der Waals surface area (Å²) < 4.78 is 6.20. The number of ketones is 1. The first-order chi connectivity index (χ1) is 13.5. The molecule has 1 amide bonds. The van der Waals surface area contributed by atoms with Gasteiger partial charge in [-0.1, -0.05) is 30.3 Å². The first-order valence-corrected chi connectivity index (χ1v) is 10.5. The third-order valence-corrected chi connectivity index (χ3v) is 7.11. The van der Waals surface area contributed by atoms with Gasteiger partial charge >= 0.3 is 5.97 Å². The zero-order chi connectivity index (χ0) is 19.7. The van der Waals surface area contributed by atoms with Crippen molar-refractivity contribution >= 4 is 56.5 Å². The van der Waals surface area contributed by atoms with E-state index >= 15 is 0 Å². The molecule has 1 atom stereocenters. The molecule has 1 aromatic heterocycles. The number of nitrogens with one attached hydrogen (secondary N) is 1. The molecule has 0 fully saturated rings. The monoisotopic (exact) mass is 411 g/mol. The van der Waals surface area contributed by atoms with Gasteiger partial charge in [0.15, 0.2) is 6.61 Å². The number of para-hydroxylation sites is 1. The van der Waals surface area contributed by atoms with Crippen LogP contribution in [0, 0.1) is 6.92 Å². The second-order valence-electron chi connectivity index (χ2n) is 6.43. The fraction of sp³-hybridized carbons (Fsp3) is 0.190. The van der Waals surface area contributed by atoms with Crippen LogP contribution in [0.25, 0.3) is 10.1 Å². The lowest BCUT2D eigenvalue weighted by molar-refractivity contribution is -0.143. The van der Waals surface area contributed by atoms with Crippen LogP contribution in [0.4, 0.5) is 5.69 Å². The predicted octanol–water partition coefficient (Wildman–Crippen LogP) is 4.44. The topological polar surface area (TPSA) is 72.5 Å². The number of hydrogen-bond donors (Lipinski definition) is 1. The van der Waals surface area contributed by atoms with E-state index in [1.165, 1.54) is 23.1 Å². The average Bonchev–Trinajstić information content (AvgIpc) is 3.04. The number of ether oxygens (including phenoxy) is 1. The molecule has 1 aliphatic rings. The number of carbonyl (C=O) groups excluding carboxylic acids is 3. The quantitative estimate of drug-likeness (QED) is 0.496. The number of hydrogen-bond acceptors (Lipinski definition) is 6. The minimum absolute atomic E-state index is 0.0798. The third-order valence-electron chi connectivity index (χ3n) is 4.52. The van der Waals surface area contributed by atoms with Crippen molar-refractivity contribution in [1.29, 1.82) is 0 Å². The van der Waals surface area contributed by atoms with E-state index in [4.69, 9.17) is 4.74 Å². The number of benzene rings is 2. The van der Waals surface area contributed by atoms with Crippen LogP contribution in [0.2, 0.25) is 0 Å². The highest BCUT2D eigenvalue weighted by molar-refractivity contribution is 8.01. The van der Waals surface area contributed by atoms with E-state index in [1.54, 1.807) is 0 Å². The highest BCUT2D eigenvalue weighted by atomic mass is 32.2. The Kier molecular flexibility index (Phi) is 5.19. The smallest absolute Gasteiger partial charge is 0.307 e. The van der Waals surface area contributed by atoms with Crippen LogP contribution in [0.1, 0.15) is 21.7 Å². The maximum Gasteiger partial charge on any atom is 0.307 e. The molecule has 0 saturated heterocycles. The van der Waals surface area contributed by atoms with Gasteiger partial charge in [-0.15, -0.1) is 23.1 Å². The van der Waals surface area contributed by atoms with Crippen LogP contribution in [-0.4, -0.2) is 29.5 Å². The maximum absolute atomic E-state index is 12.5. The molecule has 1 aliphatic heterocycles. The van der Waals surface area contributed by atoms with E-state index in [-0.39, 0.29) is 24.7 Å². The first kappa shape index (κ1) is 18.7. The number of fused-ring (bicyclic) bond motifs is 2. The molecular weight excluding hydrogens is 394 g/mol. The van der Waals surface area contributed by atoms with Gasteiger partial charge in [0.2, 0.25) is 11.7 Å². The van der Waals surface area contributed by atoms with Gasteiger partial charge in [-0.05, 0) is 36.1 Å². The van der Waals surface area contributed by atoms with Crippen molar-refractivity contribution in [3.8, 4) is 0 Å². The van der Waals surface area contributed by atoms with Crippen molar-refractivity contribution in [2.24, 2.45) is 0 Å². The minimum atomic E-state index is -0.566. The van der Waals surface area contributed by atoms with E-state index in [1.807, 2.05) is 55.5 Å². The van der Waals surface area contributed by atoms with Crippen molar-refractivity contribution in [3.63, 3.8) is 0 Å². The zero-order valence-electron chi connectivity index (χ0n) is 15.1. The number of amides is 1. The standard InChI is InChI=1S/C21H17NO4S2/c1-12-13-6-2-4-8-16(13)28-20(12)15(23)11-26-19(24)10-18-21(25)22-14-7-3-5-9-17(14)27-18/h2-9,18H,10-11H2,1H3,(H,22,25). The Hall–Kier alpha value is -2.64. The lowest BCUT2D eigenvalue weighted by Gasteiger charge is -2.23. The van der Waals surface area contributed by atoms with Gasteiger partial charge in [0.05, 0.1) is 22.2 Å². The Morgan fingerprint density at radius 2 is 1.86 bits per heavy atom. The first-order valence-electron chi connectivity index (χ1n) is 8.76. The summed E-state index contributed by atoms with van der Waals surface area (Å²) in [5, 5.41) is 3.27. The number of carbonyl (C=O) groups is 3.